The van der Waals surface area contributed by atoms with Gasteiger partial charge in [0.25, 0.3) is 5.91 Å². The number of hydrogen-bond donors (Lipinski definition) is 2. The van der Waals surface area contributed by atoms with Crippen LogP contribution < -0.4 is 5.32 Å². The Balaban J connectivity index is 2.09. The second-order valence-corrected chi connectivity index (χ2v) is 6.41. The van der Waals surface area contributed by atoms with E-state index in [9.17, 15) is 4.79 Å². The van der Waals surface area contributed by atoms with Crippen molar-refractivity contribution >= 4 is 21.8 Å². The molecule has 2 N–H and O–H groups in total. The lowest BCUT2D eigenvalue weighted by atomic mass is 10.1. The second kappa shape index (κ2) is 7.58. The molecule has 25 heavy (non-hydrogen) atoms. The van der Waals surface area contributed by atoms with Crippen molar-refractivity contribution in [1.29, 1.82) is 0 Å². The number of aliphatic hydroxyl groups excluding tert-OH is 1. The average Bonchev–Trinajstić information content (AvgIpc) is 3.06. The molecule has 0 aliphatic rings. The Labute approximate surface area is 153 Å². The minimum atomic E-state index is -0.418. The predicted octanol–water partition coefficient (Wildman–Crippen LogP) is 2.73. The molecule has 1 amide bonds. The highest BCUT2D eigenvalue weighted by atomic mass is 79.9. The molecule has 0 atom stereocenters. The number of amides is 1. The third-order valence-corrected chi connectivity index (χ3v) is 4.08. The fourth-order valence-corrected chi connectivity index (χ4v) is 2.65. The zero-order valence-electron chi connectivity index (χ0n) is 13.6. The molecule has 0 spiro atoms. The van der Waals surface area contributed by atoms with Crippen LogP contribution in [0.2, 0.25) is 0 Å². The van der Waals surface area contributed by atoms with Crippen molar-refractivity contribution in [3.05, 3.63) is 64.4 Å². The van der Waals surface area contributed by atoms with Gasteiger partial charge in [-0.2, -0.15) is 0 Å². The average molecular weight is 401 g/mol. The number of hydrogen-bond acceptors (Lipinski definition) is 4. The summed E-state index contributed by atoms with van der Waals surface area (Å²) in [6.07, 6.45) is 0. The Hall–Kier alpha value is -2.51. The number of halogens is 1. The molecular formula is C18H17BrN4O2. The van der Waals surface area contributed by atoms with Crippen LogP contribution in [0.5, 0.6) is 0 Å². The zero-order valence-corrected chi connectivity index (χ0v) is 15.2. The van der Waals surface area contributed by atoms with Gasteiger partial charge in [0.05, 0.1) is 12.3 Å². The van der Waals surface area contributed by atoms with Gasteiger partial charge in [-0.25, -0.2) is 9.67 Å². The summed E-state index contributed by atoms with van der Waals surface area (Å²) in [5, 5.41) is 15.8. The normalized spacial score (nSPS) is 10.7. The molecule has 0 aliphatic heterocycles. The highest BCUT2D eigenvalue weighted by Crippen LogP contribution is 2.23. The fourth-order valence-electron chi connectivity index (χ4n) is 2.39. The van der Waals surface area contributed by atoms with Crippen molar-refractivity contribution in [3.63, 3.8) is 0 Å². The summed E-state index contributed by atoms with van der Waals surface area (Å²) in [5.74, 6) is 0.229. The molecule has 1 heterocycles. The van der Waals surface area contributed by atoms with Crippen LogP contribution in [0.3, 0.4) is 0 Å². The summed E-state index contributed by atoms with van der Waals surface area (Å²) in [5.41, 5.74) is 2.76. The van der Waals surface area contributed by atoms with Gasteiger partial charge in [0.1, 0.15) is 0 Å². The van der Waals surface area contributed by atoms with E-state index in [0.717, 1.165) is 21.3 Å². The minimum Gasteiger partial charge on any atom is -0.395 e. The van der Waals surface area contributed by atoms with Gasteiger partial charge >= 0.3 is 0 Å². The number of aromatic nitrogens is 3. The van der Waals surface area contributed by atoms with Crippen molar-refractivity contribution in [2.45, 2.75) is 6.92 Å². The number of carbonyl (C=O) groups is 1. The molecule has 6 nitrogen and oxygen atoms in total. The summed E-state index contributed by atoms with van der Waals surface area (Å²) < 4.78 is 2.60. The number of nitrogens with zero attached hydrogens (tertiary/aromatic N) is 3. The molecule has 0 aliphatic carbocycles. The molecule has 0 saturated heterocycles. The first kappa shape index (κ1) is 17.3. The minimum absolute atomic E-state index is 0.0628. The zero-order chi connectivity index (χ0) is 17.8. The van der Waals surface area contributed by atoms with Crippen LogP contribution in [0.4, 0.5) is 0 Å². The van der Waals surface area contributed by atoms with Crippen molar-refractivity contribution in [3.8, 4) is 17.1 Å². The van der Waals surface area contributed by atoms with Gasteiger partial charge < -0.3 is 10.4 Å². The Bertz CT molecular complexity index is 890. The Morgan fingerprint density at radius 3 is 2.68 bits per heavy atom. The third kappa shape index (κ3) is 3.94. The van der Waals surface area contributed by atoms with E-state index in [0.29, 0.717) is 5.82 Å². The van der Waals surface area contributed by atoms with Crippen LogP contribution in [0.25, 0.3) is 17.1 Å². The SMILES string of the molecule is Cc1cccc(-c2nc(C(=O)NCCO)nn2-c2ccc(Br)cc2)c1. The van der Waals surface area contributed by atoms with Gasteiger partial charge in [0, 0.05) is 16.6 Å². The molecule has 0 unspecified atom stereocenters. The van der Waals surface area contributed by atoms with Crippen molar-refractivity contribution in [2.24, 2.45) is 0 Å². The quantitative estimate of drug-likeness (QED) is 0.689. The van der Waals surface area contributed by atoms with E-state index < -0.39 is 5.91 Å². The third-order valence-electron chi connectivity index (χ3n) is 3.56. The number of aryl methyl sites for hydroxylation is 1. The standard InChI is InChI=1S/C18H17BrN4O2/c1-12-3-2-4-13(11-12)17-21-16(18(25)20-9-10-24)22-23(17)15-7-5-14(19)6-8-15/h2-8,11,24H,9-10H2,1H3,(H,20,25). The van der Waals surface area contributed by atoms with Crippen molar-refractivity contribution in [1.82, 2.24) is 20.1 Å². The predicted molar refractivity (Wildman–Crippen MR) is 98.7 cm³/mol. The van der Waals surface area contributed by atoms with E-state index in [1.165, 1.54) is 0 Å². The van der Waals surface area contributed by atoms with E-state index >= 15 is 0 Å². The van der Waals surface area contributed by atoms with Crippen LogP contribution in [-0.2, 0) is 0 Å². The fraction of sp³-hybridized carbons (Fsp3) is 0.167. The van der Waals surface area contributed by atoms with Crippen molar-refractivity contribution in [2.75, 3.05) is 13.2 Å². The Morgan fingerprint density at radius 1 is 1.24 bits per heavy atom. The summed E-state index contributed by atoms with van der Waals surface area (Å²) in [6.45, 7) is 2.02. The maximum Gasteiger partial charge on any atom is 0.291 e. The lowest BCUT2D eigenvalue weighted by Gasteiger charge is -2.06. The van der Waals surface area contributed by atoms with Crippen molar-refractivity contribution < 1.29 is 9.90 Å². The highest BCUT2D eigenvalue weighted by Gasteiger charge is 2.18. The van der Waals surface area contributed by atoms with E-state index in [4.69, 9.17) is 5.11 Å². The molecule has 2 aromatic carbocycles. The molecule has 128 valence electrons. The van der Waals surface area contributed by atoms with E-state index in [2.05, 4.69) is 31.3 Å². The van der Waals surface area contributed by atoms with E-state index in [1.807, 2.05) is 55.5 Å². The molecule has 0 radical (unpaired) electrons. The smallest absolute Gasteiger partial charge is 0.291 e. The first-order chi connectivity index (χ1) is 12.1. The van der Waals surface area contributed by atoms with Gasteiger partial charge in [-0.05, 0) is 37.3 Å². The maximum atomic E-state index is 12.2. The van der Waals surface area contributed by atoms with Gasteiger partial charge in [0.15, 0.2) is 5.82 Å². The van der Waals surface area contributed by atoms with Gasteiger partial charge in [-0.3, -0.25) is 4.79 Å². The summed E-state index contributed by atoms with van der Waals surface area (Å²) in [4.78, 5) is 16.6. The van der Waals surface area contributed by atoms with Gasteiger partial charge in [0.2, 0.25) is 5.82 Å². The summed E-state index contributed by atoms with van der Waals surface area (Å²) in [7, 11) is 0. The molecular weight excluding hydrogens is 384 g/mol. The molecule has 7 heteroatoms. The summed E-state index contributed by atoms with van der Waals surface area (Å²) in [6, 6.07) is 15.5. The first-order valence-corrected chi connectivity index (χ1v) is 8.57. The highest BCUT2D eigenvalue weighted by molar-refractivity contribution is 9.10. The van der Waals surface area contributed by atoms with Crippen LogP contribution >= 0.6 is 15.9 Å². The molecule has 3 rings (SSSR count). The van der Waals surface area contributed by atoms with E-state index in [1.54, 1.807) is 4.68 Å². The van der Waals surface area contributed by atoms with Crippen LogP contribution in [-0.4, -0.2) is 38.9 Å². The van der Waals surface area contributed by atoms with Crippen LogP contribution in [0, 0.1) is 6.92 Å². The van der Waals surface area contributed by atoms with Gasteiger partial charge in [-0.15, -0.1) is 5.10 Å². The van der Waals surface area contributed by atoms with E-state index in [-0.39, 0.29) is 19.0 Å². The molecule has 1 aromatic heterocycles. The second-order valence-electron chi connectivity index (χ2n) is 5.50. The number of rotatable bonds is 5. The number of carbonyl (C=O) groups excluding carboxylic acids is 1. The Morgan fingerprint density at radius 2 is 2.00 bits per heavy atom. The number of benzene rings is 2. The molecule has 0 saturated carbocycles. The van der Waals surface area contributed by atoms with Crippen LogP contribution in [0.1, 0.15) is 16.2 Å². The maximum absolute atomic E-state index is 12.2. The summed E-state index contributed by atoms with van der Waals surface area (Å²) >= 11 is 3.41. The first-order valence-electron chi connectivity index (χ1n) is 7.77. The van der Waals surface area contributed by atoms with Crippen LogP contribution in [0.15, 0.2) is 53.0 Å². The largest absolute Gasteiger partial charge is 0.395 e. The number of aliphatic hydroxyl groups is 1. The van der Waals surface area contributed by atoms with Gasteiger partial charge in [-0.1, -0.05) is 39.7 Å². The number of nitrogens with one attached hydrogen (secondary N) is 1. The monoisotopic (exact) mass is 400 g/mol. The topological polar surface area (TPSA) is 80.0 Å². The lowest BCUT2D eigenvalue weighted by Crippen LogP contribution is -2.27. The molecule has 0 bridgehead atoms. The lowest BCUT2D eigenvalue weighted by molar-refractivity contribution is 0.0934. The molecule has 0 fully saturated rings. The Kier molecular flexibility index (Phi) is 5.25. The molecule has 3 aromatic rings.